The van der Waals surface area contributed by atoms with Gasteiger partial charge in [-0.2, -0.15) is 0 Å². The highest BCUT2D eigenvalue weighted by Gasteiger charge is 2.15. The zero-order valence-electron chi connectivity index (χ0n) is 10.8. The van der Waals surface area contributed by atoms with Gasteiger partial charge < -0.3 is 14.7 Å². The first-order valence-electron chi connectivity index (χ1n) is 6.66. The van der Waals surface area contributed by atoms with E-state index in [1.165, 1.54) is 12.8 Å². The van der Waals surface area contributed by atoms with Gasteiger partial charge in [-0.05, 0) is 51.6 Å². The van der Waals surface area contributed by atoms with Crippen LogP contribution in [0.1, 0.15) is 39.0 Å². The average Bonchev–Trinajstić information content (AvgIpc) is 2.30. The smallest absolute Gasteiger partial charge is 0.0538 e. The molecule has 0 bridgehead atoms. The van der Waals surface area contributed by atoms with E-state index >= 15 is 0 Å². The molecule has 0 aromatic carbocycles. The van der Waals surface area contributed by atoms with Crippen LogP contribution in [0.4, 0.5) is 0 Å². The third-order valence-corrected chi connectivity index (χ3v) is 3.37. The van der Waals surface area contributed by atoms with E-state index < -0.39 is 0 Å². The maximum Gasteiger partial charge on any atom is 0.0538 e. The first-order valence-corrected chi connectivity index (χ1v) is 6.66. The van der Waals surface area contributed by atoms with Crippen molar-refractivity contribution in [2.75, 3.05) is 33.4 Å². The zero-order chi connectivity index (χ0) is 11.8. The van der Waals surface area contributed by atoms with Gasteiger partial charge in [0.25, 0.3) is 0 Å². The highest BCUT2D eigenvalue weighted by atomic mass is 16.5. The summed E-state index contributed by atoms with van der Waals surface area (Å²) in [5.41, 5.74) is 0. The van der Waals surface area contributed by atoms with Gasteiger partial charge in [0.15, 0.2) is 0 Å². The summed E-state index contributed by atoms with van der Waals surface area (Å²) < 4.78 is 5.48. The molecular weight excluding hydrogens is 202 g/mol. The first kappa shape index (κ1) is 13.9. The molecule has 2 unspecified atom stereocenters. The highest BCUT2D eigenvalue weighted by Crippen LogP contribution is 2.14. The molecule has 1 saturated heterocycles. The molecule has 3 heteroatoms. The molecule has 0 radical (unpaired) electrons. The Morgan fingerprint density at radius 2 is 2.31 bits per heavy atom. The Bertz CT molecular complexity index is 169. The van der Waals surface area contributed by atoms with Crippen LogP contribution in [0.25, 0.3) is 0 Å². The van der Waals surface area contributed by atoms with Crippen LogP contribution in [0.2, 0.25) is 0 Å². The van der Waals surface area contributed by atoms with Crippen molar-refractivity contribution < 1.29 is 9.84 Å². The fourth-order valence-electron chi connectivity index (χ4n) is 2.28. The maximum atomic E-state index is 9.45. The SMILES string of the molecule is CCC(O)CCCN(C)CC1CCCOC1. The lowest BCUT2D eigenvalue weighted by Gasteiger charge is -2.27. The van der Waals surface area contributed by atoms with Gasteiger partial charge in [0.2, 0.25) is 0 Å². The Balaban J connectivity index is 2.03. The summed E-state index contributed by atoms with van der Waals surface area (Å²) in [6, 6.07) is 0. The van der Waals surface area contributed by atoms with Gasteiger partial charge >= 0.3 is 0 Å². The van der Waals surface area contributed by atoms with Crippen molar-refractivity contribution in [3.63, 3.8) is 0 Å². The van der Waals surface area contributed by atoms with Crippen LogP contribution in [-0.4, -0.2) is 49.5 Å². The first-order chi connectivity index (χ1) is 7.72. The summed E-state index contributed by atoms with van der Waals surface area (Å²) in [6.07, 6.45) is 5.32. The monoisotopic (exact) mass is 229 g/mol. The number of aliphatic hydroxyl groups is 1. The summed E-state index contributed by atoms with van der Waals surface area (Å²) in [5, 5.41) is 9.45. The van der Waals surface area contributed by atoms with E-state index in [2.05, 4.69) is 11.9 Å². The second-order valence-corrected chi connectivity index (χ2v) is 5.05. The minimum absolute atomic E-state index is 0.105. The molecule has 0 aromatic rings. The van der Waals surface area contributed by atoms with E-state index in [1.54, 1.807) is 0 Å². The molecule has 1 N–H and O–H groups in total. The van der Waals surface area contributed by atoms with E-state index in [-0.39, 0.29) is 6.10 Å². The van der Waals surface area contributed by atoms with Crippen LogP contribution in [0.5, 0.6) is 0 Å². The van der Waals surface area contributed by atoms with Gasteiger partial charge in [0.05, 0.1) is 12.7 Å². The Hall–Kier alpha value is -0.120. The molecule has 16 heavy (non-hydrogen) atoms. The van der Waals surface area contributed by atoms with E-state index in [9.17, 15) is 5.11 Å². The van der Waals surface area contributed by atoms with E-state index in [4.69, 9.17) is 4.74 Å². The lowest BCUT2D eigenvalue weighted by Crippen LogP contribution is -2.31. The molecule has 1 heterocycles. The van der Waals surface area contributed by atoms with E-state index in [1.807, 2.05) is 6.92 Å². The Kier molecular flexibility index (Phi) is 7.01. The minimum Gasteiger partial charge on any atom is -0.393 e. The van der Waals surface area contributed by atoms with Crippen molar-refractivity contribution in [3.8, 4) is 0 Å². The Morgan fingerprint density at radius 1 is 1.50 bits per heavy atom. The average molecular weight is 229 g/mol. The summed E-state index contributed by atoms with van der Waals surface area (Å²) in [4.78, 5) is 2.38. The predicted molar refractivity (Wildman–Crippen MR) is 66.6 cm³/mol. The highest BCUT2D eigenvalue weighted by molar-refractivity contribution is 4.67. The summed E-state index contributed by atoms with van der Waals surface area (Å²) >= 11 is 0. The number of hydrogen-bond acceptors (Lipinski definition) is 3. The zero-order valence-corrected chi connectivity index (χ0v) is 10.8. The summed E-state index contributed by atoms with van der Waals surface area (Å²) in [5.74, 6) is 0.717. The standard InChI is InChI=1S/C13H27NO2/c1-3-13(15)7-4-8-14(2)10-12-6-5-9-16-11-12/h12-13,15H,3-11H2,1-2H3. The molecule has 2 atom stereocenters. The Labute approximate surface area is 99.8 Å². The summed E-state index contributed by atoms with van der Waals surface area (Å²) in [6.45, 7) is 6.15. The van der Waals surface area contributed by atoms with Gasteiger partial charge in [0.1, 0.15) is 0 Å². The molecule has 0 amide bonds. The van der Waals surface area contributed by atoms with Gasteiger partial charge in [-0.25, -0.2) is 0 Å². The van der Waals surface area contributed by atoms with Gasteiger partial charge in [-0.3, -0.25) is 0 Å². The second-order valence-electron chi connectivity index (χ2n) is 5.05. The quantitative estimate of drug-likeness (QED) is 0.723. The van der Waals surface area contributed by atoms with Crippen LogP contribution in [0.3, 0.4) is 0 Å². The number of hydrogen-bond donors (Lipinski definition) is 1. The van der Waals surface area contributed by atoms with Crippen LogP contribution >= 0.6 is 0 Å². The maximum absolute atomic E-state index is 9.45. The molecule has 0 aliphatic carbocycles. The van der Waals surface area contributed by atoms with Gasteiger partial charge in [-0.1, -0.05) is 6.92 Å². The van der Waals surface area contributed by atoms with Crippen molar-refractivity contribution >= 4 is 0 Å². The van der Waals surface area contributed by atoms with Gasteiger partial charge in [0, 0.05) is 13.2 Å². The van der Waals surface area contributed by atoms with E-state index in [0.717, 1.165) is 51.5 Å². The normalized spacial score (nSPS) is 23.6. The molecular formula is C13H27NO2. The van der Waals surface area contributed by atoms with Crippen LogP contribution in [0, 0.1) is 5.92 Å². The number of aliphatic hydroxyl groups excluding tert-OH is 1. The largest absolute Gasteiger partial charge is 0.393 e. The fourth-order valence-corrected chi connectivity index (χ4v) is 2.28. The van der Waals surface area contributed by atoms with Gasteiger partial charge in [-0.15, -0.1) is 0 Å². The van der Waals surface area contributed by atoms with Crippen molar-refractivity contribution in [1.29, 1.82) is 0 Å². The lowest BCUT2D eigenvalue weighted by atomic mass is 10.0. The molecule has 1 fully saturated rings. The molecule has 1 aliphatic heterocycles. The third kappa shape index (κ3) is 5.83. The Morgan fingerprint density at radius 3 is 2.94 bits per heavy atom. The fraction of sp³-hybridized carbons (Fsp3) is 1.00. The van der Waals surface area contributed by atoms with Crippen LogP contribution < -0.4 is 0 Å². The topological polar surface area (TPSA) is 32.7 Å². The van der Waals surface area contributed by atoms with Crippen molar-refractivity contribution in [1.82, 2.24) is 4.90 Å². The number of rotatable bonds is 7. The predicted octanol–water partition coefficient (Wildman–Crippen LogP) is 1.90. The number of nitrogens with zero attached hydrogens (tertiary/aromatic N) is 1. The van der Waals surface area contributed by atoms with Crippen LogP contribution in [-0.2, 0) is 4.74 Å². The second kappa shape index (κ2) is 8.04. The van der Waals surface area contributed by atoms with E-state index in [0.29, 0.717) is 0 Å². The summed E-state index contributed by atoms with van der Waals surface area (Å²) in [7, 11) is 2.17. The molecule has 3 nitrogen and oxygen atoms in total. The molecule has 0 saturated carbocycles. The van der Waals surface area contributed by atoms with Crippen molar-refractivity contribution in [3.05, 3.63) is 0 Å². The van der Waals surface area contributed by atoms with Crippen molar-refractivity contribution in [2.45, 2.75) is 45.1 Å². The molecule has 0 aromatic heterocycles. The third-order valence-electron chi connectivity index (χ3n) is 3.37. The molecule has 0 spiro atoms. The molecule has 1 aliphatic rings. The lowest BCUT2D eigenvalue weighted by molar-refractivity contribution is 0.0413. The molecule has 96 valence electrons. The molecule has 1 rings (SSSR count). The van der Waals surface area contributed by atoms with Crippen LogP contribution in [0.15, 0.2) is 0 Å². The minimum atomic E-state index is -0.105. The van der Waals surface area contributed by atoms with Crippen molar-refractivity contribution in [2.24, 2.45) is 5.92 Å². The number of ether oxygens (including phenoxy) is 1.